The van der Waals surface area contributed by atoms with Gasteiger partial charge in [0.2, 0.25) is 0 Å². The zero-order valence-corrected chi connectivity index (χ0v) is 13.4. The zero-order valence-electron chi connectivity index (χ0n) is 12.4. The van der Waals surface area contributed by atoms with Crippen molar-refractivity contribution in [2.24, 2.45) is 0 Å². The van der Waals surface area contributed by atoms with Crippen molar-refractivity contribution >= 4 is 8.32 Å². The predicted molar refractivity (Wildman–Crippen MR) is 82.4 cm³/mol. The average molecular weight is 262 g/mol. The van der Waals surface area contributed by atoms with Gasteiger partial charge >= 0.3 is 0 Å². The molecule has 0 amide bonds. The molecule has 0 unspecified atom stereocenters. The van der Waals surface area contributed by atoms with Gasteiger partial charge < -0.3 is 4.43 Å². The molecule has 0 saturated heterocycles. The molecular weight excluding hydrogens is 236 g/mol. The molecule has 1 nitrogen and oxygen atoms in total. The van der Waals surface area contributed by atoms with Gasteiger partial charge in [0.05, 0.1) is 6.61 Å². The second-order valence-corrected chi connectivity index (χ2v) is 11.3. The predicted octanol–water partition coefficient (Wildman–Crippen LogP) is 4.81. The third-order valence-electron chi connectivity index (χ3n) is 3.74. The third kappa shape index (κ3) is 4.43. The van der Waals surface area contributed by atoms with Crippen LogP contribution < -0.4 is 0 Å². The lowest BCUT2D eigenvalue weighted by Crippen LogP contribution is -2.41. The normalized spacial score (nSPS) is 12.5. The molecule has 1 rings (SSSR count). The van der Waals surface area contributed by atoms with Crippen LogP contribution in [-0.2, 0) is 10.8 Å². The minimum absolute atomic E-state index is 0.264. The summed E-state index contributed by atoms with van der Waals surface area (Å²) in [7, 11) is -1.65. The number of hydrogen-bond acceptors (Lipinski definition) is 1. The Kier molecular flexibility index (Phi) is 4.94. The third-order valence-corrected chi connectivity index (χ3v) is 8.22. The molecule has 0 spiro atoms. The van der Waals surface area contributed by atoms with E-state index in [0.29, 0.717) is 6.61 Å². The van der Waals surface area contributed by atoms with Crippen molar-refractivity contribution < 1.29 is 4.43 Å². The number of hydrogen-bond donors (Lipinski definition) is 0. The van der Waals surface area contributed by atoms with Crippen LogP contribution in [0.2, 0.25) is 18.1 Å². The fourth-order valence-corrected chi connectivity index (χ4v) is 2.43. The molecule has 1 aromatic rings. The Bertz CT molecular complexity index is 387. The van der Waals surface area contributed by atoms with Gasteiger partial charge in [-0.15, -0.1) is 0 Å². The molecule has 0 fully saturated rings. The average Bonchev–Trinajstić information content (AvgIpc) is 2.26. The number of rotatable bonds is 5. The van der Waals surface area contributed by atoms with Crippen LogP contribution in [0.25, 0.3) is 0 Å². The first-order valence-electron chi connectivity index (χ1n) is 6.57. The highest BCUT2D eigenvalue weighted by Gasteiger charge is 2.36. The summed E-state index contributed by atoms with van der Waals surface area (Å²) < 4.78 is 6.17. The van der Waals surface area contributed by atoms with E-state index in [4.69, 9.17) is 4.43 Å². The largest absolute Gasteiger partial charge is 0.413 e. The molecule has 0 aliphatic carbocycles. The highest BCUT2D eigenvalue weighted by atomic mass is 28.4. The summed E-state index contributed by atoms with van der Waals surface area (Å²) in [5.74, 6) is 0. The van der Waals surface area contributed by atoms with Gasteiger partial charge in [0.15, 0.2) is 8.32 Å². The standard InChI is InChI=1S/C16H26OSi/c1-14(12-15-10-8-7-9-11-15)13-17-18(5,6)16(2,3)4/h7-11H,1,12-13H2,2-6H3. The van der Waals surface area contributed by atoms with E-state index >= 15 is 0 Å². The van der Waals surface area contributed by atoms with Crippen molar-refractivity contribution in [1.82, 2.24) is 0 Å². The van der Waals surface area contributed by atoms with Crippen LogP contribution in [0.5, 0.6) is 0 Å². The summed E-state index contributed by atoms with van der Waals surface area (Å²) in [5.41, 5.74) is 2.47. The second kappa shape index (κ2) is 5.85. The summed E-state index contributed by atoms with van der Waals surface area (Å²) in [6.45, 7) is 16.2. The molecule has 0 aliphatic rings. The minimum Gasteiger partial charge on any atom is -0.413 e. The van der Waals surface area contributed by atoms with Crippen molar-refractivity contribution in [3.63, 3.8) is 0 Å². The van der Waals surface area contributed by atoms with E-state index < -0.39 is 8.32 Å². The van der Waals surface area contributed by atoms with Crippen LogP contribution in [0.4, 0.5) is 0 Å². The van der Waals surface area contributed by atoms with Gasteiger partial charge in [-0.1, -0.05) is 57.7 Å². The maximum absolute atomic E-state index is 6.17. The summed E-state index contributed by atoms with van der Waals surface area (Å²) in [5, 5.41) is 0.264. The first-order valence-corrected chi connectivity index (χ1v) is 9.48. The lowest BCUT2D eigenvalue weighted by molar-refractivity contribution is 0.317. The Hall–Kier alpha value is -0.863. The van der Waals surface area contributed by atoms with Gasteiger partial charge in [-0.05, 0) is 35.7 Å². The molecule has 0 heterocycles. The molecular formula is C16H26OSi. The molecule has 0 bridgehead atoms. The smallest absolute Gasteiger partial charge is 0.192 e. The van der Waals surface area contributed by atoms with Crippen molar-refractivity contribution in [2.75, 3.05) is 6.61 Å². The molecule has 0 atom stereocenters. The molecule has 100 valence electrons. The second-order valence-electron chi connectivity index (χ2n) is 6.46. The molecule has 0 radical (unpaired) electrons. The fraction of sp³-hybridized carbons (Fsp3) is 0.500. The first kappa shape index (κ1) is 15.2. The van der Waals surface area contributed by atoms with Crippen LogP contribution in [0.1, 0.15) is 26.3 Å². The molecule has 2 heteroatoms. The van der Waals surface area contributed by atoms with Gasteiger partial charge in [-0.2, -0.15) is 0 Å². The minimum atomic E-state index is -1.65. The van der Waals surface area contributed by atoms with E-state index in [1.165, 1.54) is 5.56 Å². The van der Waals surface area contributed by atoms with Gasteiger partial charge in [0.1, 0.15) is 0 Å². The molecule has 0 N–H and O–H groups in total. The highest BCUT2D eigenvalue weighted by molar-refractivity contribution is 6.74. The van der Waals surface area contributed by atoms with E-state index in [1.807, 2.05) is 6.07 Å². The van der Waals surface area contributed by atoms with Crippen LogP contribution in [0.3, 0.4) is 0 Å². The van der Waals surface area contributed by atoms with E-state index in [9.17, 15) is 0 Å². The lowest BCUT2D eigenvalue weighted by atomic mass is 10.1. The maximum Gasteiger partial charge on any atom is 0.192 e. The maximum atomic E-state index is 6.17. The SMILES string of the molecule is C=C(CO[Si](C)(C)C(C)(C)C)Cc1ccccc1. The van der Waals surface area contributed by atoms with Crippen molar-refractivity contribution in [1.29, 1.82) is 0 Å². The van der Waals surface area contributed by atoms with Crippen molar-refractivity contribution in [3.8, 4) is 0 Å². The van der Waals surface area contributed by atoms with Crippen LogP contribution in [0, 0.1) is 0 Å². The fourth-order valence-electron chi connectivity index (χ4n) is 1.43. The van der Waals surface area contributed by atoms with E-state index in [2.05, 4.69) is 64.7 Å². The van der Waals surface area contributed by atoms with Crippen molar-refractivity contribution in [3.05, 3.63) is 48.0 Å². The molecule has 0 aromatic heterocycles. The Morgan fingerprint density at radius 2 is 1.72 bits per heavy atom. The first-order chi connectivity index (χ1) is 8.22. The Balaban J connectivity index is 2.48. The van der Waals surface area contributed by atoms with Crippen LogP contribution >= 0.6 is 0 Å². The monoisotopic (exact) mass is 262 g/mol. The topological polar surface area (TPSA) is 9.23 Å². The Labute approximate surface area is 113 Å². The van der Waals surface area contributed by atoms with Crippen LogP contribution in [0.15, 0.2) is 42.5 Å². The van der Waals surface area contributed by atoms with Crippen molar-refractivity contribution in [2.45, 2.75) is 45.3 Å². The van der Waals surface area contributed by atoms with Crippen LogP contribution in [-0.4, -0.2) is 14.9 Å². The van der Waals surface area contributed by atoms with E-state index in [0.717, 1.165) is 12.0 Å². The highest BCUT2D eigenvalue weighted by Crippen LogP contribution is 2.36. The quantitative estimate of drug-likeness (QED) is 0.547. The summed E-state index contributed by atoms with van der Waals surface area (Å²) in [6, 6.07) is 10.4. The van der Waals surface area contributed by atoms with E-state index in [-0.39, 0.29) is 5.04 Å². The molecule has 1 aromatic carbocycles. The van der Waals surface area contributed by atoms with Gasteiger partial charge in [0.25, 0.3) is 0 Å². The van der Waals surface area contributed by atoms with Gasteiger partial charge in [-0.3, -0.25) is 0 Å². The Morgan fingerprint density at radius 1 is 1.17 bits per heavy atom. The van der Waals surface area contributed by atoms with E-state index in [1.54, 1.807) is 0 Å². The lowest BCUT2D eigenvalue weighted by Gasteiger charge is -2.36. The Morgan fingerprint density at radius 3 is 2.22 bits per heavy atom. The summed E-state index contributed by atoms with van der Waals surface area (Å²) in [4.78, 5) is 0. The molecule has 0 aliphatic heterocycles. The summed E-state index contributed by atoms with van der Waals surface area (Å²) >= 11 is 0. The molecule has 0 saturated carbocycles. The van der Waals surface area contributed by atoms with Gasteiger partial charge in [0, 0.05) is 0 Å². The van der Waals surface area contributed by atoms with Gasteiger partial charge in [-0.25, -0.2) is 0 Å². The zero-order chi connectivity index (χ0) is 13.8. The summed E-state index contributed by atoms with van der Waals surface area (Å²) in [6.07, 6.45) is 0.912. The number of benzene rings is 1. The molecule has 18 heavy (non-hydrogen) atoms.